The number of halogens is 1. The van der Waals surface area contributed by atoms with Crippen molar-refractivity contribution < 1.29 is 14.0 Å². The number of carbonyl (C=O) groups is 2. The third kappa shape index (κ3) is 3.73. The highest BCUT2D eigenvalue weighted by Gasteiger charge is 2.24. The van der Waals surface area contributed by atoms with E-state index in [1.165, 1.54) is 30.4 Å². The molecule has 0 unspecified atom stereocenters. The predicted octanol–water partition coefficient (Wildman–Crippen LogP) is 3.81. The van der Waals surface area contributed by atoms with E-state index in [9.17, 15) is 14.0 Å². The van der Waals surface area contributed by atoms with Gasteiger partial charge in [0.05, 0.1) is 15.9 Å². The number of carbonyl (C=O) groups excluding carboxylic acids is 2. The van der Waals surface area contributed by atoms with Crippen molar-refractivity contribution in [1.82, 2.24) is 5.32 Å². The molecule has 4 nitrogen and oxygen atoms in total. The van der Waals surface area contributed by atoms with Crippen LogP contribution in [-0.4, -0.2) is 17.6 Å². The summed E-state index contributed by atoms with van der Waals surface area (Å²) in [6.07, 6.45) is 0.761. The van der Waals surface area contributed by atoms with Crippen molar-refractivity contribution in [2.24, 2.45) is 0 Å². The summed E-state index contributed by atoms with van der Waals surface area (Å²) in [5, 5.41) is 6.25. The van der Waals surface area contributed by atoms with E-state index < -0.39 is 0 Å². The van der Waals surface area contributed by atoms with Gasteiger partial charge in [-0.15, -0.1) is 23.1 Å². The molecule has 2 N–H and O–H groups in total. The molecule has 0 aliphatic carbocycles. The Morgan fingerprint density at radius 1 is 1.26 bits per heavy atom. The van der Waals surface area contributed by atoms with Crippen molar-refractivity contribution in [1.29, 1.82) is 0 Å². The first-order chi connectivity index (χ1) is 11.0. The molecular formula is C16H15FN2O2S2. The van der Waals surface area contributed by atoms with Crippen LogP contribution >= 0.6 is 23.1 Å². The largest absolute Gasteiger partial charge is 0.344 e. The van der Waals surface area contributed by atoms with Crippen LogP contribution in [-0.2, 0) is 4.79 Å². The molecular weight excluding hydrogens is 335 g/mol. The molecule has 2 heterocycles. The Labute approximate surface area is 141 Å². The number of thioether (sulfide) groups is 1. The fraction of sp³-hybridized carbons (Fsp3) is 0.250. The van der Waals surface area contributed by atoms with Crippen molar-refractivity contribution in [3.8, 4) is 0 Å². The van der Waals surface area contributed by atoms with Crippen molar-refractivity contribution in [2.75, 3.05) is 11.1 Å². The topological polar surface area (TPSA) is 58.2 Å². The van der Waals surface area contributed by atoms with Gasteiger partial charge in [-0.1, -0.05) is 0 Å². The number of amides is 2. The van der Waals surface area contributed by atoms with Gasteiger partial charge >= 0.3 is 0 Å². The lowest BCUT2D eigenvalue weighted by atomic mass is 10.0. The fourth-order valence-electron chi connectivity index (χ4n) is 2.45. The van der Waals surface area contributed by atoms with Crippen LogP contribution in [0.2, 0.25) is 0 Å². The predicted molar refractivity (Wildman–Crippen MR) is 90.6 cm³/mol. The third-order valence-corrected chi connectivity index (χ3v) is 5.57. The average Bonchev–Trinajstić information content (AvgIpc) is 2.95. The van der Waals surface area contributed by atoms with E-state index in [1.54, 1.807) is 30.0 Å². The number of thiophene rings is 1. The van der Waals surface area contributed by atoms with E-state index >= 15 is 0 Å². The van der Waals surface area contributed by atoms with Crippen LogP contribution in [0.5, 0.6) is 0 Å². The zero-order valence-electron chi connectivity index (χ0n) is 12.4. The number of anilines is 1. The molecule has 7 heteroatoms. The van der Waals surface area contributed by atoms with E-state index in [0.717, 1.165) is 22.6 Å². The van der Waals surface area contributed by atoms with E-state index in [1.807, 2.05) is 0 Å². The van der Waals surface area contributed by atoms with Crippen LogP contribution in [0.15, 0.2) is 35.2 Å². The summed E-state index contributed by atoms with van der Waals surface area (Å²) in [5.74, 6) is 0.200. The highest BCUT2D eigenvalue weighted by Crippen LogP contribution is 2.36. The molecule has 0 fully saturated rings. The lowest BCUT2D eigenvalue weighted by Crippen LogP contribution is -2.30. The number of hydrogen-bond donors (Lipinski definition) is 2. The van der Waals surface area contributed by atoms with Crippen LogP contribution in [0.4, 0.5) is 9.39 Å². The molecule has 23 heavy (non-hydrogen) atoms. The van der Waals surface area contributed by atoms with Gasteiger partial charge in [0.15, 0.2) is 0 Å². The van der Waals surface area contributed by atoms with Crippen LogP contribution in [0, 0.1) is 5.82 Å². The summed E-state index contributed by atoms with van der Waals surface area (Å²) in [6.45, 7) is 1.42. The minimum Gasteiger partial charge on any atom is -0.344 e. The molecule has 1 atom stereocenters. The molecule has 3 rings (SSSR count). The van der Waals surface area contributed by atoms with Crippen LogP contribution < -0.4 is 10.6 Å². The molecule has 1 aliphatic rings. The summed E-state index contributed by atoms with van der Waals surface area (Å²) >= 11 is 2.89. The van der Waals surface area contributed by atoms with Gasteiger partial charge in [-0.3, -0.25) is 9.59 Å². The van der Waals surface area contributed by atoms with E-state index in [-0.39, 0.29) is 23.7 Å². The number of fused-ring (bicyclic) bond motifs is 1. The molecule has 1 aromatic carbocycles. The molecule has 0 saturated carbocycles. The maximum absolute atomic E-state index is 13.5. The Morgan fingerprint density at radius 2 is 2.09 bits per heavy atom. The van der Waals surface area contributed by atoms with Gasteiger partial charge < -0.3 is 10.6 Å². The maximum atomic E-state index is 13.5. The summed E-state index contributed by atoms with van der Waals surface area (Å²) < 4.78 is 13.5. The van der Waals surface area contributed by atoms with Gasteiger partial charge in [-0.25, -0.2) is 4.39 Å². The zero-order chi connectivity index (χ0) is 16.4. The van der Waals surface area contributed by atoms with E-state index in [4.69, 9.17) is 0 Å². The first-order valence-corrected chi connectivity index (χ1v) is 8.93. The van der Waals surface area contributed by atoms with Gasteiger partial charge in [0.25, 0.3) is 5.91 Å². The van der Waals surface area contributed by atoms with E-state index in [0.29, 0.717) is 9.88 Å². The van der Waals surface area contributed by atoms with Gasteiger partial charge in [0, 0.05) is 17.6 Å². The zero-order valence-corrected chi connectivity index (χ0v) is 14.0. The fourth-order valence-corrected chi connectivity index (χ4v) is 4.41. The average molecular weight is 350 g/mol. The van der Waals surface area contributed by atoms with Crippen molar-refractivity contribution in [3.63, 3.8) is 0 Å². The Morgan fingerprint density at radius 3 is 2.87 bits per heavy atom. The van der Waals surface area contributed by atoms with Crippen molar-refractivity contribution in [3.05, 3.63) is 46.6 Å². The molecule has 2 amide bonds. The minimum absolute atomic E-state index is 0.174. The first kappa shape index (κ1) is 16.0. The van der Waals surface area contributed by atoms with Crippen LogP contribution in [0.3, 0.4) is 0 Å². The number of benzene rings is 1. The minimum atomic E-state index is -0.297. The lowest BCUT2D eigenvalue weighted by Gasteiger charge is -2.25. The number of nitrogens with one attached hydrogen (secondary N) is 2. The van der Waals surface area contributed by atoms with Gasteiger partial charge in [-0.05, 0) is 42.3 Å². The molecule has 0 saturated heterocycles. The second-order valence-electron chi connectivity index (χ2n) is 5.19. The summed E-state index contributed by atoms with van der Waals surface area (Å²) in [7, 11) is 0. The standard InChI is InChI=1S/C16H15FN2O2S2/c1-9(20)18-15-5-4-14(23-15)16(21)19-12-6-7-22-13-3-2-10(17)8-11(12)13/h2-5,8,12H,6-7H2,1H3,(H,18,20)(H,19,21)/t12-/m0/s1. The summed E-state index contributed by atoms with van der Waals surface area (Å²) in [4.78, 5) is 25.0. The summed E-state index contributed by atoms with van der Waals surface area (Å²) in [5.41, 5.74) is 0.827. The Balaban J connectivity index is 1.75. The van der Waals surface area contributed by atoms with E-state index in [2.05, 4.69) is 10.6 Å². The monoisotopic (exact) mass is 350 g/mol. The van der Waals surface area contributed by atoms with Crippen LogP contribution in [0.1, 0.15) is 34.6 Å². The molecule has 0 radical (unpaired) electrons. The Kier molecular flexibility index (Phi) is 4.68. The highest BCUT2D eigenvalue weighted by molar-refractivity contribution is 7.99. The molecule has 0 spiro atoms. The molecule has 120 valence electrons. The van der Waals surface area contributed by atoms with Crippen LogP contribution in [0.25, 0.3) is 0 Å². The smallest absolute Gasteiger partial charge is 0.261 e. The SMILES string of the molecule is CC(=O)Nc1ccc(C(=O)N[C@H]2CCSc3ccc(F)cc32)s1. The lowest BCUT2D eigenvalue weighted by molar-refractivity contribution is -0.114. The van der Waals surface area contributed by atoms with Gasteiger partial charge in [0.2, 0.25) is 5.91 Å². The van der Waals surface area contributed by atoms with Gasteiger partial charge in [0.1, 0.15) is 5.82 Å². The Bertz CT molecular complexity index is 760. The highest BCUT2D eigenvalue weighted by atomic mass is 32.2. The summed E-state index contributed by atoms with van der Waals surface area (Å²) in [6, 6.07) is 7.87. The molecule has 1 aliphatic heterocycles. The second kappa shape index (κ2) is 6.72. The van der Waals surface area contributed by atoms with Crippen molar-refractivity contribution >= 4 is 39.9 Å². The van der Waals surface area contributed by atoms with Gasteiger partial charge in [-0.2, -0.15) is 0 Å². The third-order valence-electron chi connectivity index (χ3n) is 3.45. The molecule has 0 bridgehead atoms. The number of rotatable bonds is 3. The number of hydrogen-bond acceptors (Lipinski definition) is 4. The second-order valence-corrected chi connectivity index (χ2v) is 7.41. The normalized spacial score (nSPS) is 16.5. The molecule has 1 aromatic heterocycles. The maximum Gasteiger partial charge on any atom is 0.261 e. The quantitative estimate of drug-likeness (QED) is 0.885. The van der Waals surface area contributed by atoms with Crippen molar-refractivity contribution in [2.45, 2.75) is 24.3 Å². The Hall–Kier alpha value is -1.86. The molecule has 2 aromatic rings. The first-order valence-electron chi connectivity index (χ1n) is 7.13.